The summed E-state index contributed by atoms with van der Waals surface area (Å²) >= 11 is 9.71. The number of halogens is 3. The van der Waals surface area contributed by atoms with Crippen LogP contribution in [0.15, 0.2) is 70.7 Å². The van der Waals surface area contributed by atoms with Crippen molar-refractivity contribution in [3.05, 3.63) is 92.7 Å². The number of anilines is 1. The Hall–Kier alpha value is -3.34. The number of nitrogens with zero attached hydrogens (tertiary/aromatic N) is 1. The van der Waals surface area contributed by atoms with Crippen molar-refractivity contribution in [1.29, 1.82) is 5.26 Å². The highest BCUT2D eigenvalue weighted by atomic mass is 79.9. The van der Waals surface area contributed by atoms with Gasteiger partial charge in [-0.2, -0.15) is 5.26 Å². The first kappa shape index (κ1) is 22.3. The highest BCUT2D eigenvalue weighted by Crippen LogP contribution is 2.35. The lowest BCUT2D eigenvalue weighted by Crippen LogP contribution is -2.13. The number of nitrogens with one attached hydrogen (secondary N) is 1. The molecule has 0 aliphatic carbocycles. The normalized spacial score (nSPS) is 11.0. The number of carbonyl (C=O) groups excluding carboxylic acids is 1. The number of benzene rings is 3. The molecule has 0 aliphatic rings. The van der Waals surface area contributed by atoms with E-state index in [-0.39, 0.29) is 28.8 Å². The van der Waals surface area contributed by atoms with E-state index in [1.54, 1.807) is 24.3 Å². The van der Waals surface area contributed by atoms with Gasteiger partial charge in [0.15, 0.2) is 5.75 Å². The zero-order valence-corrected chi connectivity index (χ0v) is 18.2. The number of carbonyl (C=O) groups is 1. The van der Waals surface area contributed by atoms with Gasteiger partial charge < -0.3 is 15.2 Å². The number of aromatic hydroxyl groups is 1. The van der Waals surface area contributed by atoms with E-state index in [1.165, 1.54) is 42.5 Å². The van der Waals surface area contributed by atoms with Gasteiger partial charge in [0.25, 0.3) is 5.91 Å². The van der Waals surface area contributed by atoms with Crippen LogP contribution in [0.3, 0.4) is 0 Å². The minimum atomic E-state index is -0.600. The molecule has 0 saturated heterocycles. The van der Waals surface area contributed by atoms with Gasteiger partial charge >= 0.3 is 0 Å². The van der Waals surface area contributed by atoms with Crippen molar-refractivity contribution in [2.75, 3.05) is 5.32 Å². The van der Waals surface area contributed by atoms with Crippen molar-refractivity contribution in [3.8, 4) is 17.6 Å². The predicted molar refractivity (Wildman–Crippen MR) is 120 cm³/mol. The molecule has 3 aromatic carbocycles. The lowest BCUT2D eigenvalue weighted by Gasteiger charge is -2.11. The molecule has 0 saturated carbocycles. The molecule has 5 nitrogen and oxygen atoms in total. The molecule has 0 radical (unpaired) electrons. The largest absolute Gasteiger partial charge is 0.508 e. The van der Waals surface area contributed by atoms with E-state index in [2.05, 4.69) is 21.2 Å². The van der Waals surface area contributed by atoms with Gasteiger partial charge in [0, 0.05) is 5.69 Å². The fourth-order valence-electron chi connectivity index (χ4n) is 2.60. The Morgan fingerprint density at radius 1 is 1.19 bits per heavy atom. The second kappa shape index (κ2) is 10.1. The molecule has 8 heteroatoms. The predicted octanol–water partition coefficient (Wildman–Crippen LogP) is 6.07. The molecule has 0 atom stereocenters. The second-order valence-corrected chi connectivity index (χ2v) is 7.66. The topological polar surface area (TPSA) is 82.3 Å². The molecule has 0 spiro atoms. The monoisotopic (exact) mass is 500 g/mol. The first-order valence-corrected chi connectivity index (χ1v) is 10.1. The Morgan fingerprint density at radius 3 is 2.48 bits per heavy atom. The molecule has 156 valence electrons. The van der Waals surface area contributed by atoms with Gasteiger partial charge in [0.2, 0.25) is 0 Å². The van der Waals surface area contributed by atoms with Crippen LogP contribution in [0.4, 0.5) is 10.1 Å². The fraction of sp³-hybridized carbons (Fsp3) is 0.0435. The van der Waals surface area contributed by atoms with Crippen LogP contribution in [-0.2, 0) is 11.4 Å². The molecule has 0 aromatic heterocycles. The van der Waals surface area contributed by atoms with Crippen LogP contribution in [0.25, 0.3) is 6.08 Å². The van der Waals surface area contributed by atoms with Gasteiger partial charge in [-0.25, -0.2) is 4.39 Å². The van der Waals surface area contributed by atoms with Crippen LogP contribution in [0.5, 0.6) is 11.5 Å². The molecule has 3 rings (SSSR count). The Morgan fingerprint density at radius 2 is 1.87 bits per heavy atom. The molecule has 0 heterocycles. The first-order valence-electron chi connectivity index (χ1n) is 8.94. The molecule has 2 N–H and O–H groups in total. The number of nitriles is 1. The van der Waals surface area contributed by atoms with Crippen LogP contribution < -0.4 is 10.1 Å². The number of hydrogen-bond donors (Lipinski definition) is 2. The molecule has 0 bridgehead atoms. The van der Waals surface area contributed by atoms with Crippen molar-refractivity contribution in [1.82, 2.24) is 0 Å². The number of phenols is 1. The van der Waals surface area contributed by atoms with E-state index >= 15 is 0 Å². The van der Waals surface area contributed by atoms with E-state index in [0.717, 1.165) is 5.56 Å². The third-order valence-electron chi connectivity index (χ3n) is 4.12. The van der Waals surface area contributed by atoms with Gasteiger partial charge in [-0.3, -0.25) is 4.79 Å². The highest BCUT2D eigenvalue weighted by Gasteiger charge is 2.13. The highest BCUT2D eigenvalue weighted by molar-refractivity contribution is 9.10. The summed E-state index contributed by atoms with van der Waals surface area (Å²) in [5, 5.41) is 21.6. The quantitative estimate of drug-likeness (QED) is 0.244. The number of hydrogen-bond acceptors (Lipinski definition) is 4. The van der Waals surface area contributed by atoms with Gasteiger partial charge in [-0.05, 0) is 81.7 Å². The van der Waals surface area contributed by atoms with Crippen LogP contribution in [-0.4, -0.2) is 11.0 Å². The van der Waals surface area contributed by atoms with E-state index in [1.807, 2.05) is 6.07 Å². The van der Waals surface area contributed by atoms with Crippen molar-refractivity contribution in [2.45, 2.75) is 6.61 Å². The Bertz CT molecular complexity index is 1150. The standard InChI is InChI=1S/C23H15BrClFN2O3/c24-20-10-15(9-16(12-27)23(30)28-18-5-7-19(29)8-6-18)11-21(25)22(20)31-13-14-1-3-17(26)4-2-14/h1-11,29H,13H2,(H,28,30)/b16-9-. The Balaban J connectivity index is 1.76. The van der Waals surface area contributed by atoms with Crippen LogP contribution in [0, 0.1) is 17.1 Å². The van der Waals surface area contributed by atoms with E-state index in [4.69, 9.17) is 16.3 Å². The molecule has 31 heavy (non-hydrogen) atoms. The Labute approximate surface area is 191 Å². The lowest BCUT2D eigenvalue weighted by molar-refractivity contribution is -0.112. The maximum atomic E-state index is 13.0. The summed E-state index contributed by atoms with van der Waals surface area (Å²) in [5.74, 6) is -0.482. The molecule has 0 fully saturated rings. The second-order valence-electron chi connectivity index (χ2n) is 6.40. The maximum absolute atomic E-state index is 13.0. The van der Waals surface area contributed by atoms with Crippen LogP contribution in [0.1, 0.15) is 11.1 Å². The summed E-state index contributed by atoms with van der Waals surface area (Å²) in [6, 6.07) is 16.9. The van der Waals surface area contributed by atoms with Gasteiger partial charge in [-0.15, -0.1) is 0 Å². The summed E-state index contributed by atoms with van der Waals surface area (Å²) in [7, 11) is 0. The van der Waals surface area contributed by atoms with Gasteiger partial charge in [0.1, 0.15) is 29.8 Å². The molecule has 0 aliphatic heterocycles. The summed E-state index contributed by atoms with van der Waals surface area (Å²) in [5.41, 5.74) is 1.60. The van der Waals surface area contributed by atoms with Crippen molar-refractivity contribution in [2.24, 2.45) is 0 Å². The van der Waals surface area contributed by atoms with E-state index in [0.29, 0.717) is 21.5 Å². The smallest absolute Gasteiger partial charge is 0.266 e. The third kappa shape index (κ3) is 6.07. The summed E-state index contributed by atoms with van der Waals surface area (Å²) < 4.78 is 19.3. The van der Waals surface area contributed by atoms with E-state index in [9.17, 15) is 19.6 Å². The minimum Gasteiger partial charge on any atom is -0.508 e. The summed E-state index contributed by atoms with van der Waals surface area (Å²) in [4.78, 5) is 12.4. The summed E-state index contributed by atoms with van der Waals surface area (Å²) in [6.45, 7) is 0.187. The van der Waals surface area contributed by atoms with Gasteiger partial charge in [-0.1, -0.05) is 23.7 Å². The number of ether oxygens (including phenoxy) is 1. The lowest BCUT2D eigenvalue weighted by atomic mass is 10.1. The summed E-state index contributed by atoms with van der Waals surface area (Å²) in [6.07, 6.45) is 1.40. The van der Waals surface area contributed by atoms with Crippen LogP contribution in [0.2, 0.25) is 5.02 Å². The van der Waals surface area contributed by atoms with Crippen molar-refractivity contribution >= 4 is 45.2 Å². The average Bonchev–Trinajstić information content (AvgIpc) is 2.74. The van der Waals surface area contributed by atoms with E-state index < -0.39 is 5.91 Å². The van der Waals surface area contributed by atoms with Crippen molar-refractivity contribution in [3.63, 3.8) is 0 Å². The number of amides is 1. The molecular weight excluding hydrogens is 487 g/mol. The molecular formula is C23H15BrClFN2O3. The fourth-order valence-corrected chi connectivity index (χ4v) is 3.58. The number of rotatable bonds is 6. The first-order chi connectivity index (χ1) is 14.9. The average molecular weight is 502 g/mol. The molecule has 0 unspecified atom stereocenters. The van der Waals surface area contributed by atoms with Crippen LogP contribution >= 0.6 is 27.5 Å². The molecule has 3 aromatic rings. The maximum Gasteiger partial charge on any atom is 0.266 e. The SMILES string of the molecule is N#C/C(=C/c1cc(Cl)c(OCc2ccc(F)cc2)c(Br)c1)C(=O)Nc1ccc(O)cc1. The zero-order chi connectivity index (χ0) is 22.4. The minimum absolute atomic E-state index is 0.0651. The van der Waals surface area contributed by atoms with Gasteiger partial charge in [0.05, 0.1) is 9.50 Å². The third-order valence-corrected chi connectivity index (χ3v) is 4.99. The van der Waals surface area contributed by atoms with Crippen molar-refractivity contribution < 1.29 is 19.0 Å². The number of phenolic OH excluding ortho intramolecular Hbond substituents is 1. The Kier molecular flexibility index (Phi) is 7.29. The zero-order valence-electron chi connectivity index (χ0n) is 15.9. The molecule has 1 amide bonds.